The Morgan fingerprint density at radius 3 is 2.11 bits per heavy atom. The Balaban J connectivity index is 2.73. The first-order valence-electron chi connectivity index (χ1n) is 5.51. The van der Waals surface area contributed by atoms with E-state index in [9.17, 15) is 13.2 Å². The molecule has 0 spiro atoms. The summed E-state index contributed by atoms with van der Waals surface area (Å²) >= 11 is 0. The summed E-state index contributed by atoms with van der Waals surface area (Å²) in [7, 11) is 0. The zero-order chi connectivity index (χ0) is 14.0. The summed E-state index contributed by atoms with van der Waals surface area (Å²) in [5.74, 6) is -0.591. The number of hydrogen-bond donors (Lipinski definition) is 2. The van der Waals surface area contributed by atoms with E-state index < -0.39 is 17.6 Å². The highest BCUT2D eigenvalue weighted by Gasteiger charge is 2.35. The van der Waals surface area contributed by atoms with Crippen LogP contribution < -0.4 is 5.73 Å². The van der Waals surface area contributed by atoms with Gasteiger partial charge in [-0.3, -0.25) is 5.41 Å². The lowest BCUT2D eigenvalue weighted by Crippen LogP contribution is -2.20. The second-order valence-electron chi connectivity index (χ2n) is 4.01. The third kappa shape index (κ3) is 2.59. The van der Waals surface area contributed by atoms with Crippen molar-refractivity contribution in [2.75, 3.05) is 0 Å². The zero-order valence-corrected chi connectivity index (χ0v) is 9.83. The van der Waals surface area contributed by atoms with Gasteiger partial charge >= 0.3 is 6.18 Å². The van der Waals surface area contributed by atoms with Crippen molar-refractivity contribution in [2.24, 2.45) is 5.73 Å². The Hall–Kier alpha value is -2.30. The average Bonchev–Trinajstić information content (AvgIpc) is 2.37. The quantitative estimate of drug-likeness (QED) is 0.631. The summed E-state index contributed by atoms with van der Waals surface area (Å²) in [6, 6.07) is 12.4. The second-order valence-corrected chi connectivity index (χ2v) is 4.01. The Labute approximate surface area is 108 Å². The number of nitrogens with two attached hydrogens (primary N) is 1. The number of alkyl halides is 3. The molecule has 0 radical (unpaired) electrons. The summed E-state index contributed by atoms with van der Waals surface area (Å²) in [6.07, 6.45) is -4.54. The Morgan fingerprint density at radius 2 is 1.58 bits per heavy atom. The molecule has 0 heterocycles. The summed E-state index contributed by atoms with van der Waals surface area (Å²) < 4.78 is 38.9. The van der Waals surface area contributed by atoms with Crippen LogP contribution in [0.2, 0.25) is 0 Å². The molecule has 98 valence electrons. The van der Waals surface area contributed by atoms with Gasteiger partial charge < -0.3 is 5.73 Å². The van der Waals surface area contributed by atoms with Gasteiger partial charge in [0.1, 0.15) is 5.84 Å². The van der Waals surface area contributed by atoms with Gasteiger partial charge in [0.05, 0.1) is 5.56 Å². The fraction of sp³-hybridized carbons (Fsp3) is 0.0714. The summed E-state index contributed by atoms with van der Waals surface area (Å²) in [4.78, 5) is 0. The van der Waals surface area contributed by atoms with Crippen molar-refractivity contribution in [3.05, 3.63) is 59.7 Å². The molecule has 2 aromatic rings. The molecule has 0 aliphatic heterocycles. The van der Waals surface area contributed by atoms with E-state index in [2.05, 4.69) is 0 Å². The lowest BCUT2D eigenvalue weighted by Gasteiger charge is -2.16. The predicted octanol–water partition coefficient (Wildman–Crippen LogP) is 3.66. The number of hydrogen-bond acceptors (Lipinski definition) is 1. The Kier molecular flexibility index (Phi) is 3.29. The maximum atomic E-state index is 13.0. The molecule has 0 fully saturated rings. The summed E-state index contributed by atoms with van der Waals surface area (Å²) in [6.45, 7) is 0. The first-order chi connectivity index (χ1) is 8.91. The molecule has 3 N–H and O–H groups in total. The van der Waals surface area contributed by atoms with Crippen LogP contribution >= 0.6 is 0 Å². The van der Waals surface area contributed by atoms with Crippen LogP contribution in [0, 0.1) is 5.41 Å². The van der Waals surface area contributed by atoms with Crippen molar-refractivity contribution in [2.45, 2.75) is 6.18 Å². The van der Waals surface area contributed by atoms with Crippen molar-refractivity contribution >= 4 is 5.84 Å². The minimum atomic E-state index is -4.54. The first kappa shape index (κ1) is 13.1. The van der Waals surface area contributed by atoms with Crippen LogP contribution in [-0.2, 0) is 6.18 Å². The van der Waals surface area contributed by atoms with Crippen molar-refractivity contribution in [3.8, 4) is 11.1 Å². The molecule has 0 aromatic heterocycles. The Bertz CT molecular complexity index is 604. The van der Waals surface area contributed by atoms with Crippen LogP contribution in [0.1, 0.15) is 11.1 Å². The summed E-state index contributed by atoms with van der Waals surface area (Å²) in [5, 5.41) is 7.42. The van der Waals surface area contributed by atoms with Crippen LogP contribution in [0.15, 0.2) is 48.5 Å². The molecule has 0 unspecified atom stereocenters. The first-order valence-corrected chi connectivity index (χ1v) is 5.51. The molecule has 5 heteroatoms. The SMILES string of the molecule is N=C(N)c1c(-c2ccccc2)cccc1C(F)(F)F. The third-order valence-electron chi connectivity index (χ3n) is 2.72. The van der Waals surface area contributed by atoms with E-state index >= 15 is 0 Å². The molecule has 2 rings (SSSR count). The number of rotatable bonds is 2. The molecular formula is C14H11F3N2. The van der Waals surface area contributed by atoms with Crippen molar-refractivity contribution in [1.82, 2.24) is 0 Å². The molecule has 0 aliphatic rings. The standard InChI is InChI=1S/C14H11F3N2/c15-14(16,17)11-8-4-7-10(12(11)13(18)19)9-5-2-1-3-6-9/h1-8H,(H3,18,19). The van der Waals surface area contributed by atoms with Gasteiger partial charge in [0.25, 0.3) is 0 Å². The average molecular weight is 264 g/mol. The molecule has 2 nitrogen and oxygen atoms in total. The maximum absolute atomic E-state index is 13.0. The number of halogens is 3. The smallest absolute Gasteiger partial charge is 0.384 e. The third-order valence-corrected chi connectivity index (χ3v) is 2.72. The number of amidine groups is 1. The molecule has 0 aliphatic carbocycles. The van der Waals surface area contributed by atoms with Gasteiger partial charge in [-0.1, -0.05) is 42.5 Å². The fourth-order valence-corrected chi connectivity index (χ4v) is 1.94. The second kappa shape index (κ2) is 4.76. The van der Waals surface area contributed by atoms with E-state index in [1.807, 2.05) is 0 Å². The summed E-state index contributed by atoms with van der Waals surface area (Å²) in [5.41, 5.74) is 5.07. The highest BCUT2D eigenvalue weighted by Crippen LogP contribution is 2.36. The highest BCUT2D eigenvalue weighted by atomic mass is 19.4. The number of nitrogens with one attached hydrogen (secondary N) is 1. The molecule has 0 bridgehead atoms. The van der Waals surface area contributed by atoms with Gasteiger partial charge in [0.2, 0.25) is 0 Å². The molecule has 0 atom stereocenters. The van der Waals surface area contributed by atoms with E-state index in [0.717, 1.165) is 6.07 Å². The van der Waals surface area contributed by atoms with Crippen LogP contribution in [-0.4, -0.2) is 5.84 Å². The van der Waals surface area contributed by atoms with E-state index in [1.54, 1.807) is 30.3 Å². The molecule has 0 saturated carbocycles. The molecule has 0 amide bonds. The van der Waals surface area contributed by atoms with Gasteiger partial charge in [-0.15, -0.1) is 0 Å². The normalized spacial score (nSPS) is 11.3. The van der Waals surface area contributed by atoms with Gasteiger partial charge in [-0.25, -0.2) is 0 Å². The highest BCUT2D eigenvalue weighted by molar-refractivity contribution is 6.03. The van der Waals surface area contributed by atoms with Crippen LogP contribution in [0.3, 0.4) is 0 Å². The lowest BCUT2D eigenvalue weighted by molar-refractivity contribution is -0.137. The van der Waals surface area contributed by atoms with E-state index in [-0.39, 0.29) is 5.56 Å². The van der Waals surface area contributed by atoms with Gasteiger partial charge in [0.15, 0.2) is 0 Å². The van der Waals surface area contributed by atoms with Gasteiger partial charge in [0, 0.05) is 5.56 Å². The van der Waals surface area contributed by atoms with E-state index in [0.29, 0.717) is 11.1 Å². The van der Waals surface area contributed by atoms with Crippen LogP contribution in [0.25, 0.3) is 11.1 Å². The van der Waals surface area contributed by atoms with Gasteiger partial charge in [-0.05, 0) is 17.2 Å². The van der Waals surface area contributed by atoms with Crippen molar-refractivity contribution < 1.29 is 13.2 Å². The molecular weight excluding hydrogens is 253 g/mol. The minimum absolute atomic E-state index is 0.277. The van der Waals surface area contributed by atoms with Crippen LogP contribution in [0.4, 0.5) is 13.2 Å². The lowest BCUT2D eigenvalue weighted by atomic mass is 9.94. The maximum Gasteiger partial charge on any atom is 0.417 e. The monoisotopic (exact) mass is 264 g/mol. The van der Waals surface area contributed by atoms with Crippen molar-refractivity contribution in [3.63, 3.8) is 0 Å². The zero-order valence-electron chi connectivity index (χ0n) is 9.83. The van der Waals surface area contributed by atoms with Crippen LogP contribution in [0.5, 0.6) is 0 Å². The van der Waals surface area contributed by atoms with Gasteiger partial charge in [-0.2, -0.15) is 13.2 Å². The van der Waals surface area contributed by atoms with Crippen molar-refractivity contribution in [1.29, 1.82) is 5.41 Å². The number of benzene rings is 2. The molecule has 0 saturated heterocycles. The number of nitrogen functional groups attached to an aromatic ring is 1. The largest absolute Gasteiger partial charge is 0.417 e. The fourth-order valence-electron chi connectivity index (χ4n) is 1.94. The predicted molar refractivity (Wildman–Crippen MR) is 67.9 cm³/mol. The van der Waals surface area contributed by atoms with E-state index in [4.69, 9.17) is 11.1 Å². The van der Waals surface area contributed by atoms with E-state index in [1.165, 1.54) is 12.1 Å². The Morgan fingerprint density at radius 1 is 0.947 bits per heavy atom. The molecule has 2 aromatic carbocycles. The topological polar surface area (TPSA) is 49.9 Å². The minimum Gasteiger partial charge on any atom is -0.384 e. The molecule has 19 heavy (non-hydrogen) atoms.